The maximum absolute atomic E-state index is 11.7. The summed E-state index contributed by atoms with van der Waals surface area (Å²) in [5.74, 6) is -0.393. The molecule has 21 heavy (non-hydrogen) atoms. The molecule has 2 rings (SSSR count). The lowest BCUT2D eigenvalue weighted by atomic mass is 10.4. The first-order valence-electron chi connectivity index (χ1n) is 6.57. The Kier molecular flexibility index (Phi) is 5.29. The van der Waals surface area contributed by atoms with E-state index in [0.717, 1.165) is 10.6 Å². The van der Waals surface area contributed by atoms with Gasteiger partial charge in [0.15, 0.2) is 10.8 Å². The number of nitrogens with one attached hydrogen (secondary N) is 1. The van der Waals surface area contributed by atoms with E-state index in [-0.39, 0.29) is 0 Å². The maximum Gasteiger partial charge on any atom is 0.358 e. The van der Waals surface area contributed by atoms with Crippen molar-refractivity contribution in [2.24, 2.45) is 0 Å². The smallest absolute Gasteiger partial charge is 0.358 e. The zero-order valence-corrected chi connectivity index (χ0v) is 13.1. The van der Waals surface area contributed by atoms with E-state index in [9.17, 15) is 4.79 Å². The molecule has 0 aliphatic rings. The fourth-order valence-electron chi connectivity index (χ4n) is 1.70. The van der Waals surface area contributed by atoms with Gasteiger partial charge >= 0.3 is 5.97 Å². The summed E-state index contributed by atoms with van der Waals surface area (Å²) in [6.07, 6.45) is 3.57. The van der Waals surface area contributed by atoms with Crippen molar-refractivity contribution >= 4 is 28.1 Å². The first-order valence-corrected chi connectivity index (χ1v) is 7.38. The Morgan fingerprint density at radius 1 is 1.52 bits per heavy atom. The third-order valence-electron chi connectivity index (χ3n) is 2.67. The van der Waals surface area contributed by atoms with Gasteiger partial charge in [-0.1, -0.05) is 0 Å². The van der Waals surface area contributed by atoms with Crippen molar-refractivity contribution in [2.45, 2.75) is 20.4 Å². The molecule has 0 radical (unpaired) electrons. The van der Waals surface area contributed by atoms with Crippen LogP contribution in [0, 0.1) is 6.92 Å². The quantitative estimate of drug-likeness (QED) is 0.790. The van der Waals surface area contributed by atoms with Crippen molar-refractivity contribution in [3.05, 3.63) is 23.0 Å². The Morgan fingerprint density at radius 2 is 2.33 bits per heavy atom. The van der Waals surface area contributed by atoms with Crippen molar-refractivity contribution in [3.63, 3.8) is 0 Å². The molecule has 0 aromatic carbocycles. The van der Waals surface area contributed by atoms with Gasteiger partial charge in [0.2, 0.25) is 0 Å². The van der Waals surface area contributed by atoms with Crippen LogP contribution in [0.15, 0.2) is 12.4 Å². The van der Waals surface area contributed by atoms with Gasteiger partial charge < -0.3 is 14.8 Å². The fraction of sp³-hybridized carbons (Fsp3) is 0.462. The van der Waals surface area contributed by atoms with Crippen LogP contribution in [0.2, 0.25) is 0 Å². The van der Waals surface area contributed by atoms with Crippen LogP contribution in [0.3, 0.4) is 0 Å². The van der Waals surface area contributed by atoms with Crippen molar-refractivity contribution < 1.29 is 14.3 Å². The summed E-state index contributed by atoms with van der Waals surface area (Å²) in [5, 5.41) is 7.98. The van der Waals surface area contributed by atoms with Crippen LogP contribution in [-0.4, -0.2) is 41.1 Å². The lowest BCUT2D eigenvalue weighted by Crippen LogP contribution is -2.06. The summed E-state index contributed by atoms with van der Waals surface area (Å²) >= 11 is 1.41. The van der Waals surface area contributed by atoms with E-state index < -0.39 is 5.97 Å². The van der Waals surface area contributed by atoms with Crippen LogP contribution >= 0.6 is 11.3 Å². The highest BCUT2D eigenvalue weighted by molar-refractivity contribution is 7.15. The minimum Gasteiger partial charge on any atom is -0.461 e. The largest absolute Gasteiger partial charge is 0.461 e. The van der Waals surface area contributed by atoms with Gasteiger partial charge in [-0.05, 0) is 13.8 Å². The third-order valence-corrected chi connectivity index (χ3v) is 3.56. The minimum absolute atomic E-state index is 0.338. The van der Waals surface area contributed by atoms with Crippen molar-refractivity contribution in [3.8, 4) is 0 Å². The average Bonchev–Trinajstić information content (AvgIpc) is 3.04. The van der Waals surface area contributed by atoms with Gasteiger partial charge in [0, 0.05) is 18.2 Å². The number of aryl methyl sites for hydroxylation is 1. The van der Waals surface area contributed by atoms with Gasteiger partial charge in [0.25, 0.3) is 0 Å². The van der Waals surface area contributed by atoms with Crippen LogP contribution in [0.1, 0.15) is 22.3 Å². The van der Waals surface area contributed by atoms with Crippen molar-refractivity contribution in [2.75, 3.05) is 25.6 Å². The molecule has 8 heteroatoms. The van der Waals surface area contributed by atoms with E-state index >= 15 is 0 Å². The number of ether oxygens (including phenoxy) is 2. The Morgan fingerprint density at radius 3 is 3.05 bits per heavy atom. The first-order chi connectivity index (χ1) is 10.1. The molecule has 0 unspecified atom stereocenters. The first kappa shape index (κ1) is 15.5. The molecular formula is C13H18N4O3S. The number of hydrogen-bond acceptors (Lipinski definition) is 7. The van der Waals surface area contributed by atoms with E-state index in [0.29, 0.717) is 30.6 Å². The molecule has 1 N–H and O–H groups in total. The number of anilines is 2. The molecule has 7 nitrogen and oxygen atoms in total. The molecule has 0 aliphatic carbocycles. The third kappa shape index (κ3) is 4.02. The van der Waals surface area contributed by atoms with Gasteiger partial charge in [-0.25, -0.2) is 9.78 Å². The number of rotatable bonds is 7. The fourth-order valence-corrected chi connectivity index (χ4v) is 2.52. The molecule has 0 atom stereocenters. The molecule has 2 heterocycles. The minimum atomic E-state index is -0.393. The zero-order valence-electron chi connectivity index (χ0n) is 12.3. The summed E-state index contributed by atoms with van der Waals surface area (Å²) < 4.78 is 11.7. The van der Waals surface area contributed by atoms with E-state index in [1.165, 1.54) is 11.3 Å². The molecule has 0 aliphatic heterocycles. The van der Waals surface area contributed by atoms with E-state index in [1.807, 2.05) is 13.1 Å². The second-order valence-corrected chi connectivity index (χ2v) is 5.46. The summed E-state index contributed by atoms with van der Waals surface area (Å²) in [7, 11) is 1.65. The van der Waals surface area contributed by atoms with Crippen molar-refractivity contribution in [1.82, 2.24) is 14.8 Å². The highest BCUT2D eigenvalue weighted by Crippen LogP contribution is 2.25. The molecule has 114 valence electrons. The molecule has 0 saturated heterocycles. The van der Waals surface area contributed by atoms with Crippen LogP contribution < -0.4 is 5.32 Å². The second-order valence-electron chi connectivity index (χ2n) is 4.25. The summed E-state index contributed by atoms with van der Waals surface area (Å²) in [4.78, 5) is 16.8. The standard InChI is InChI=1S/C13H18N4O3S/c1-4-20-12(18)11-9(2)21-13(16-11)15-10-7-14-17(8-10)5-6-19-3/h7-8H,4-6H2,1-3H3,(H,15,16). The van der Waals surface area contributed by atoms with Gasteiger partial charge in [0.05, 0.1) is 31.6 Å². The molecular weight excluding hydrogens is 292 g/mol. The van der Waals surface area contributed by atoms with Crippen molar-refractivity contribution in [1.29, 1.82) is 0 Å². The average molecular weight is 310 g/mol. The molecule has 0 fully saturated rings. The number of esters is 1. The summed E-state index contributed by atoms with van der Waals surface area (Å²) in [5.41, 5.74) is 1.17. The second kappa shape index (κ2) is 7.19. The number of methoxy groups -OCH3 is 1. The summed E-state index contributed by atoms with van der Waals surface area (Å²) in [6, 6.07) is 0. The molecule has 2 aromatic rings. The lowest BCUT2D eigenvalue weighted by Gasteiger charge is -1.99. The Labute approximate surface area is 126 Å². The van der Waals surface area contributed by atoms with Gasteiger partial charge in [-0.2, -0.15) is 5.10 Å². The predicted molar refractivity (Wildman–Crippen MR) is 80.2 cm³/mol. The molecule has 0 spiro atoms. The number of nitrogens with zero attached hydrogens (tertiary/aromatic N) is 3. The maximum atomic E-state index is 11.7. The molecule has 0 saturated carbocycles. The number of carbonyl (C=O) groups excluding carboxylic acids is 1. The van der Waals surface area contributed by atoms with E-state index in [1.54, 1.807) is 24.9 Å². The SMILES string of the molecule is CCOC(=O)c1nc(Nc2cnn(CCOC)c2)sc1C. The van der Waals surface area contributed by atoms with Gasteiger partial charge in [-0.3, -0.25) is 4.68 Å². The van der Waals surface area contributed by atoms with Gasteiger partial charge in [0.1, 0.15) is 0 Å². The van der Waals surface area contributed by atoms with Crippen LogP contribution in [0.4, 0.5) is 10.8 Å². The Bertz CT molecular complexity index is 608. The predicted octanol–water partition coefficient (Wildman–Crippen LogP) is 2.21. The number of hydrogen-bond donors (Lipinski definition) is 1. The molecule has 2 aromatic heterocycles. The number of thiazole rings is 1. The molecule has 0 bridgehead atoms. The number of carbonyl (C=O) groups is 1. The van der Waals surface area contributed by atoms with Crippen LogP contribution in [0.5, 0.6) is 0 Å². The highest BCUT2D eigenvalue weighted by Gasteiger charge is 2.16. The highest BCUT2D eigenvalue weighted by atomic mass is 32.1. The van der Waals surface area contributed by atoms with Gasteiger partial charge in [-0.15, -0.1) is 11.3 Å². The monoisotopic (exact) mass is 310 g/mol. The number of aromatic nitrogens is 3. The Hall–Kier alpha value is -1.93. The Balaban J connectivity index is 2.04. The van der Waals surface area contributed by atoms with E-state index in [2.05, 4.69) is 15.4 Å². The topological polar surface area (TPSA) is 78.3 Å². The van der Waals surface area contributed by atoms with E-state index in [4.69, 9.17) is 9.47 Å². The van der Waals surface area contributed by atoms with Crippen LogP contribution in [0.25, 0.3) is 0 Å². The summed E-state index contributed by atoms with van der Waals surface area (Å²) in [6.45, 7) is 5.24. The zero-order chi connectivity index (χ0) is 15.2. The normalized spacial score (nSPS) is 10.6. The molecule has 0 amide bonds. The lowest BCUT2D eigenvalue weighted by molar-refractivity contribution is 0.0519. The van der Waals surface area contributed by atoms with Crippen LogP contribution in [-0.2, 0) is 16.0 Å².